The Morgan fingerprint density at radius 2 is 1.42 bits per heavy atom. The molecule has 3 aromatic carbocycles. The summed E-state index contributed by atoms with van der Waals surface area (Å²) in [5, 5.41) is 3.04. The number of carbonyl (C=O) groups is 1. The number of nitrogens with one attached hydrogen (secondary N) is 1. The minimum atomic E-state index is -0.0281. The zero-order chi connectivity index (χ0) is 21.3. The summed E-state index contributed by atoms with van der Waals surface area (Å²) in [5.74, 6) is 0.870. The maximum atomic E-state index is 12.5. The van der Waals surface area contributed by atoms with Crippen LogP contribution in [0.3, 0.4) is 0 Å². The first kappa shape index (κ1) is 21.7. The first-order valence-corrected chi connectivity index (χ1v) is 12.1. The second-order valence-electron chi connectivity index (χ2n) is 8.13. The standard InChI is InChI=1S/C27H30N2OS/c30-27(25-15-13-24(14-16-25)21-31-26-7-3-1-4-8-26)28-19-22-9-11-23(12-10-22)20-29-17-5-2-6-18-29/h1,3-4,7-16H,2,5-6,17-21H2,(H,28,30). The molecule has 0 saturated carbocycles. The normalized spacial score (nSPS) is 14.3. The van der Waals surface area contributed by atoms with Gasteiger partial charge in [-0.15, -0.1) is 11.8 Å². The summed E-state index contributed by atoms with van der Waals surface area (Å²) in [7, 11) is 0. The van der Waals surface area contributed by atoms with E-state index in [4.69, 9.17) is 0 Å². The van der Waals surface area contributed by atoms with Gasteiger partial charge in [-0.25, -0.2) is 0 Å². The second kappa shape index (κ2) is 11.2. The van der Waals surface area contributed by atoms with Gasteiger partial charge in [0.1, 0.15) is 0 Å². The van der Waals surface area contributed by atoms with Crippen LogP contribution in [0.25, 0.3) is 0 Å². The Morgan fingerprint density at radius 1 is 0.774 bits per heavy atom. The minimum Gasteiger partial charge on any atom is -0.348 e. The third-order valence-electron chi connectivity index (χ3n) is 5.70. The Bertz CT molecular complexity index is 949. The lowest BCUT2D eigenvalue weighted by Gasteiger charge is -2.26. The quantitative estimate of drug-likeness (QED) is 0.452. The lowest BCUT2D eigenvalue weighted by molar-refractivity contribution is 0.0951. The molecule has 31 heavy (non-hydrogen) atoms. The first-order chi connectivity index (χ1) is 15.3. The van der Waals surface area contributed by atoms with Crippen molar-refractivity contribution in [2.45, 2.75) is 43.0 Å². The smallest absolute Gasteiger partial charge is 0.251 e. The van der Waals surface area contributed by atoms with Crippen molar-refractivity contribution in [3.8, 4) is 0 Å². The topological polar surface area (TPSA) is 32.3 Å². The summed E-state index contributed by atoms with van der Waals surface area (Å²) in [4.78, 5) is 16.3. The van der Waals surface area contributed by atoms with Crippen molar-refractivity contribution in [2.24, 2.45) is 0 Å². The number of rotatable bonds is 8. The van der Waals surface area contributed by atoms with Crippen LogP contribution in [-0.2, 0) is 18.8 Å². The molecule has 1 amide bonds. The van der Waals surface area contributed by atoms with E-state index in [1.807, 2.05) is 30.3 Å². The molecule has 1 N–H and O–H groups in total. The van der Waals surface area contributed by atoms with Crippen molar-refractivity contribution in [1.29, 1.82) is 0 Å². The highest BCUT2D eigenvalue weighted by molar-refractivity contribution is 7.98. The fraction of sp³-hybridized carbons (Fsp3) is 0.296. The van der Waals surface area contributed by atoms with E-state index in [0.29, 0.717) is 12.1 Å². The average Bonchev–Trinajstić information content (AvgIpc) is 2.84. The monoisotopic (exact) mass is 430 g/mol. The molecule has 0 spiro atoms. The van der Waals surface area contributed by atoms with Crippen molar-refractivity contribution >= 4 is 17.7 Å². The van der Waals surface area contributed by atoms with Crippen LogP contribution in [0.15, 0.2) is 83.8 Å². The molecular weight excluding hydrogens is 400 g/mol. The van der Waals surface area contributed by atoms with Crippen LogP contribution >= 0.6 is 11.8 Å². The van der Waals surface area contributed by atoms with Crippen LogP contribution in [-0.4, -0.2) is 23.9 Å². The highest BCUT2D eigenvalue weighted by Gasteiger charge is 2.10. The van der Waals surface area contributed by atoms with Crippen molar-refractivity contribution in [3.63, 3.8) is 0 Å². The molecule has 1 aliphatic heterocycles. The number of carbonyl (C=O) groups excluding carboxylic acids is 1. The summed E-state index contributed by atoms with van der Waals surface area (Å²) in [6.07, 6.45) is 4.00. The van der Waals surface area contributed by atoms with E-state index in [9.17, 15) is 4.79 Å². The molecule has 0 unspecified atom stereocenters. The number of likely N-dealkylation sites (tertiary alicyclic amines) is 1. The largest absolute Gasteiger partial charge is 0.348 e. The van der Waals surface area contributed by atoms with E-state index in [1.54, 1.807) is 11.8 Å². The Hall–Kier alpha value is -2.56. The highest BCUT2D eigenvalue weighted by Crippen LogP contribution is 2.22. The van der Waals surface area contributed by atoms with Crippen molar-refractivity contribution in [1.82, 2.24) is 10.2 Å². The van der Waals surface area contributed by atoms with E-state index >= 15 is 0 Å². The van der Waals surface area contributed by atoms with E-state index in [1.165, 1.54) is 48.4 Å². The predicted octanol–water partition coefficient (Wildman–Crippen LogP) is 5.89. The van der Waals surface area contributed by atoms with Crippen molar-refractivity contribution in [3.05, 3.63) is 101 Å². The molecule has 3 aromatic rings. The highest BCUT2D eigenvalue weighted by atomic mass is 32.2. The summed E-state index contributed by atoms with van der Waals surface area (Å²) < 4.78 is 0. The Morgan fingerprint density at radius 3 is 2.13 bits per heavy atom. The molecule has 4 heteroatoms. The van der Waals surface area contributed by atoms with Gasteiger partial charge in [0, 0.05) is 29.3 Å². The van der Waals surface area contributed by atoms with Crippen molar-refractivity contribution in [2.75, 3.05) is 13.1 Å². The van der Waals surface area contributed by atoms with Gasteiger partial charge in [-0.05, 0) is 66.9 Å². The van der Waals surface area contributed by atoms with E-state index in [2.05, 4.69) is 58.7 Å². The molecule has 1 fully saturated rings. The number of hydrogen-bond acceptors (Lipinski definition) is 3. The fourth-order valence-corrected chi connectivity index (χ4v) is 4.73. The lowest BCUT2D eigenvalue weighted by Crippen LogP contribution is -2.29. The predicted molar refractivity (Wildman–Crippen MR) is 129 cm³/mol. The molecule has 0 bridgehead atoms. The third-order valence-corrected chi connectivity index (χ3v) is 6.78. The van der Waals surface area contributed by atoms with Crippen molar-refractivity contribution < 1.29 is 4.79 Å². The molecule has 3 nitrogen and oxygen atoms in total. The van der Waals surface area contributed by atoms with Crippen LogP contribution in [0.5, 0.6) is 0 Å². The van der Waals surface area contributed by atoms with Crippen LogP contribution < -0.4 is 5.32 Å². The number of nitrogens with zero attached hydrogens (tertiary/aromatic N) is 1. The molecule has 1 aliphatic rings. The SMILES string of the molecule is O=C(NCc1ccc(CN2CCCCC2)cc1)c1ccc(CSc2ccccc2)cc1. The van der Waals surface area contributed by atoms with E-state index < -0.39 is 0 Å². The van der Waals surface area contributed by atoms with Gasteiger partial charge >= 0.3 is 0 Å². The Balaban J connectivity index is 1.23. The van der Waals surface area contributed by atoms with Crippen LogP contribution in [0.2, 0.25) is 0 Å². The zero-order valence-corrected chi connectivity index (χ0v) is 18.7. The second-order valence-corrected chi connectivity index (χ2v) is 9.18. The van der Waals surface area contributed by atoms with Gasteiger partial charge in [-0.2, -0.15) is 0 Å². The van der Waals surface area contributed by atoms with Gasteiger partial charge in [0.25, 0.3) is 5.91 Å². The maximum Gasteiger partial charge on any atom is 0.251 e. The number of benzene rings is 3. The van der Waals surface area contributed by atoms with Gasteiger partial charge < -0.3 is 5.32 Å². The molecule has 1 heterocycles. The van der Waals surface area contributed by atoms with Crippen LogP contribution in [0.4, 0.5) is 0 Å². The first-order valence-electron chi connectivity index (χ1n) is 11.1. The van der Waals surface area contributed by atoms with Gasteiger partial charge in [0.15, 0.2) is 0 Å². The number of thioether (sulfide) groups is 1. The molecule has 4 rings (SSSR count). The minimum absolute atomic E-state index is 0.0281. The Labute approximate surface area is 189 Å². The zero-order valence-electron chi connectivity index (χ0n) is 17.9. The molecular formula is C27H30N2OS. The summed E-state index contributed by atoms with van der Waals surface area (Å²) >= 11 is 1.80. The molecule has 160 valence electrons. The molecule has 0 aromatic heterocycles. The summed E-state index contributed by atoms with van der Waals surface area (Å²) in [6.45, 7) is 4.00. The molecule has 0 atom stereocenters. The van der Waals surface area contributed by atoms with E-state index in [0.717, 1.165) is 17.9 Å². The third kappa shape index (κ3) is 6.71. The molecule has 0 aliphatic carbocycles. The number of hydrogen-bond donors (Lipinski definition) is 1. The Kier molecular flexibility index (Phi) is 7.81. The lowest BCUT2D eigenvalue weighted by atomic mass is 10.1. The van der Waals surface area contributed by atoms with Crippen LogP contribution in [0.1, 0.15) is 46.3 Å². The number of amides is 1. The summed E-state index contributed by atoms with van der Waals surface area (Å²) in [5.41, 5.74) is 4.40. The maximum absolute atomic E-state index is 12.5. The number of piperidine rings is 1. The van der Waals surface area contributed by atoms with Gasteiger partial charge in [0.05, 0.1) is 0 Å². The molecule has 0 radical (unpaired) electrons. The fourth-order valence-electron chi connectivity index (χ4n) is 3.86. The van der Waals surface area contributed by atoms with Crippen LogP contribution in [0, 0.1) is 0 Å². The van der Waals surface area contributed by atoms with Gasteiger partial charge in [0.2, 0.25) is 0 Å². The average molecular weight is 431 g/mol. The van der Waals surface area contributed by atoms with Gasteiger partial charge in [-0.1, -0.05) is 61.0 Å². The molecule has 1 saturated heterocycles. The van der Waals surface area contributed by atoms with E-state index in [-0.39, 0.29) is 5.91 Å². The summed E-state index contributed by atoms with van der Waals surface area (Å²) in [6, 6.07) is 26.9. The van der Waals surface area contributed by atoms with Gasteiger partial charge in [-0.3, -0.25) is 9.69 Å².